The standard InChI is InChI=1S/C12H13F3N2O2S/c13-12(14,15)5-6-19-7-10(18)17-9-4-2-1-3-8(9)11(16)20/h1-4H,5-7H2,(H2,16,20)(H,17,18). The van der Waals surface area contributed by atoms with Gasteiger partial charge in [-0.25, -0.2) is 0 Å². The minimum absolute atomic E-state index is 0.110. The molecule has 0 aliphatic rings. The van der Waals surface area contributed by atoms with E-state index in [0.29, 0.717) is 11.3 Å². The lowest BCUT2D eigenvalue weighted by Crippen LogP contribution is -2.22. The lowest BCUT2D eigenvalue weighted by molar-refractivity contribution is -0.147. The normalized spacial score (nSPS) is 11.2. The van der Waals surface area contributed by atoms with E-state index >= 15 is 0 Å². The van der Waals surface area contributed by atoms with Crippen molar-refractivity contribution < 1.29 is 22.7 Å². The molecule has 3 N–H and O–H groups in total. The second-order valence-corrected chi connectivity index (χ2v) is 4.32. The first-order valence-electron chi connectivity index (χ1n) is 5.63. The molecule has 0 saturated carbocycles. The van der Waals surface area contributed by atoms with E-state index in [9.17, 15) is 18.0 Å². The molecule has 0 aromatic heterocycles. The number of amides is 1. The molecule has 0 fully saturated rings. The minimum atomic E-state index is -4.30. The number of hydrogen-bond acceptors (Lipinski definition) is 3. The molecule has 0 saturated heterocycles. The van der Waals surface area contributed by atoms with E-state index in [4.69, 9.17) is 18.0 Å². The molecule has 1 aromatic carbocycles. The van der Waals surface area contributed by atoms with Crippen molar-refractivity contribution in [2.45, 2.75) is 12.6 Å². The summed E-state index contributed by atoms with van der Waals surface area (Å²) in [4.78, 5) is 11.6. The monoisotopic (exact) mass is 306 g/mol. The Labute approximate surface area is 119 Å². The summed E-state index contributed by atoms with van der Waals surface area (Å²) >= 11 is 4.82. The van der Waals surface area contributed by atoms with Crippen LogP contribution in [0.2, 0.25) is 0 Å². The van der Waals surface area contributed by atoms with Gasteiger partial charge in [0.2, 0.25) is 5.91 Å². The number of ether oxygens (including phenoxy) is 1. The number of rotatable bonds is 6. The predicted octanol–water partition coefficient (Wildman–Crippen LogP) is 2.23. The molecule has 0 radical (unpaired) electrons. The van der Waals surface area contributed by atoms with Crippen molar-refractivity contribution in [2.24, 2.45) is 5.73 Å². The Morgan fingerprint density at radius 3 is 2.60 bits per heavy atom. The number of alkyl halides is 3. The summed E-state index contributed by atoms with van der Waals surface area (Å²) in [6.45, 7) is -1.03. The van der Waals surface area contributed by atoms with Crippen LogP contribution in [0.3, 0.4) is 0 Å². The Morgan fingerprint density at radius 1 is 1.35 bits per heavy atom. The van der Waals surface area contributed by atoms with Crippen LogP contribution in [0.15, 0.2) is 24.3 Å². The van der Waals surface area contributed by atoms with Crippen LogP contribution >= 0.6 is 12.2 Å². The van der Waals surface area contributed by atoms with Gasteiger partial charge in [-0.2, -0.15) is 13.2 Å². The van der Waals surface area contributed by atoms with Crippen LogP contribution in [0.25, 0.3) is 0 Å². The zero-order valence-electron chi connectivity index (χ0n) is 10.4. The Hall–Kier alpha value is -1.67. The number of nitrogens with one attached hydrogen (secondary N) is 1. The maximum atomic E-state index is 11.9. The van der Waals surface area contributed by atoms with Crippen molar-refractivity contribution in [1.82, 2.24) is 0 Å². The van der Waals surface area contributed by atoms with Crippen molar-refractivity contribution >= 4 is 28.8 Å². The Morgan fingerprint density at radius 2 is 2.00 bits per heavy atom. The quantitative estimate of drug-likeness (QED) is 0.625. The number of halogens is 3. The summed E-state index contributed by atoms with van der Waals surface area (Å²) < 4.78 is 40.2. The fraction of sp³-hybridized carbons (Fsp3) is 0.333. The first-order valence-corrected chi connectivity index (χ1v) is 6.03. The van der Waals surface area contributed by atoms with Crippen molar-refractivity contribution in [3.63, 3.8) is 0 Å². The average Bonchev–Trinajstić information content (AvgIpc) is 2.34. The molecule has 1 aromatic rings. The van der Waals surface area contributed by atoms with Gasteiger partial charge in [0.25, 0.3) is 0 Å². The molecular weight excluding hydrogens is 293 g/mol. The average molecular weight is 306 g/mol. The smallest absolute Gasteiger partial charge is 0.389 e. The third kappa shape index (κ3) is 5.98. The fourth-order valence-corrected chi connectivity index (χ4v) is 1.52. The van der Waals surface area contributed by atoms with Gasteiger partial charge in [-0.05, 0) is 12.1 Å². The lowest BCUT2D eigenvalue weighted by Gasteiger charge is -2.10. The van der Waals surface area contributed by atoms with Crippen LogP contribution in [0.1, 0.15) is 12.0 Å². The summed E-state index contributed by atoms with van der Waals surface area (Å²) in [6.07, 6.45) is -5.39. The SMILES string of the molecule is NC(=S)c1ccccc1NC(=O)COCCC(F)(F)F. The molecule has 1 rings (SSSR count). The van der Waals surface area contributed by atoms with Crippen LogP contribution in [-0.2, 0) is 9.53 Å². The molecule has 1 amide bonds. The molecule has 0 atom stereocenters. The highest BCUT2D eigenvalue weighted by atomic mass is 32.1. The third-order valence-electron chi connectivity index (χ3n) is 2.23. The van der Waals surface area contributed by atoms with Gasteiger partial charge in [0, 0.05) is 5.56 Å². The summed E-state index contributed by atoms with van der Waals surface area (Å²) in [5.74, 6) is -0.573. The Kier molecular flexibility index (Phi) is 5.90. The summed E-state index contributed by atoms with van der Waals surface area (Å²) in [6, 6.07) is 6.58. The van der Waals surface area contributed by atoms with Gasteiger partial charge in [-0.1, -0.05) is 24.4 Å². The number of thiocarbonyl (C=S) groups is 1. The third-order valence-corrected chi connectivity index (χ3v) is 2.45. The van der Waals surface area contributed by atoms with Gasteiger partial charge < -0.3 is 15.8 Å². The number of nitrogens with two attached hydrogens (primary N) is 1. The van der Waals surface area contributed by atoms with Crippen LogP contribution < -0.4 is 11.1 Å². The van der Waals surface area contributed by atoms with Gasteiger partial charge in [0.05, 0.1) is 18.7 Å². The summed E-state index contributed by atoms with van der Waals surface area (Å²) in [5, 5.41) is 2.48. The maximum Gasteiger partial charge on any atom is 0.391 e. The van der Waals surface area contributed by atoms with Crippen molar-refractivity contribution in [3.8, 4) is 0 Å². The highest BCUT2D eigenvalue weighted by Crippen LogP contribution is 2.19. The minimum Gasteiger partial charge on any atom is -0.389 e. The number of benzene rings is 1. The molecule has 20 heavy (non-hydrogen) atoms. The molecule has 0 spiro atoms. The van der Waals surface area contributed by atoms with Crippen LogP contribution in [0.5, 0.6) is 0 Å². The number of anilines is 1. The van der Waals surface area contributed by atoms with E-state index in [1.807, 2.05) is 0 Å². The molecule has 8 heteroatoms. The molecule has 4 nitrogen and oxygen atoms in total. The molecule has 0 bridgehead atoms. The number of hydrogen-bond donors (Lipinski definition) is 2. The van der Waals surface area contributed by atoms with E-state index in [1.165, 1.54) is 0 Å². The molecule has 0 aliphatic heterocycles. The zero-order chi connectivity index (χ0) is 15.2. The summed E-state index contributed by atoms with van der Waals surface area (Å²) in [7, 11) is 0. The van der Waals surface area contributed by atoms with Crippen LogP contribution in [0, 0.1) is 0 Å². The Bertz CT molecular complexity index is 492. The zero-order valence-corrected chi connectivity index (χ0v) is 11.2. The largest absolute Gasteiger partial charge is 0.391 e. The van der Waals surface area contributed by atoms with Gasteiger partial charge in [-0.3, -0.25) is 4.79 Å². The van der Waals surface area contributed by atoms with Crippen LogP contribution in [-0.4, -0.2) is 30.3 Å². The molecule has 0 unspecified atom stereocenters. The first kappa shape index (κ1) is 16.4. The fourth-order valence-electron chi connectivity index (χ4n) is 1.35. The molecule has 0 heterocycles. The van der Waals surface area contributed by atoms with Crippen molar-refractivity contribution in [3.05, 3.63) is 29.8 Å². The van der Waals surface area contributed by atoms with Gasteiger partial charge in [-0.15, -0.1) is 0 Å². The summed E-state index contributed by atoms with van der Waals surface area (Å²) in [5.41, 5.74) is 6.35. The Balaban J connectivity index is 2.45. The molecule has 0 aliphatic carbocycles. The second kappa shape index (κ2) is 7.20. The van der Waals surface area contributed by atoms with Gasteiger partial charge in [0.15, 0.2) is 0 Å². The van der Waals surface area contributed by atoms with E-state index in [1.54, 1.807) is 24.3 Å². The topological polar surface area (TPSA) is 64.3 Å². The predicted molar refractivity (Wildman–Crippen MR) is 72.5 cm³/mol. The highest BCUT2D eigenvalue weighted by molar-refractivity contribution is 7.80. The van der Waals surface area contributed by atoms with Gasteiger partial charge in [0.1, 0.15) is 11.6 Å². The number of para-hydroxylation sites is 1. The van der Waals surface area contributed by atoms with Crippen LogP contribution in [0.4, 0.5) is 18.9 Å². The highest BCUT2D eigenvalue weighted by Gasteiger charge is 2.26. The van der Waals surface area contributed by atoms with Crippen molar-refractivity contribution in [1.29, 1.82) is 0 Å². The van der Waals surface area contributed by atoms with E-state index in [2.05, 4.69) is 10.1 Å². The van der Waals surface area contributed by atoms with E-state index < -0.39 is 31.7 Å². The van der Waals surface area contributed by atoms with Crippen molar-refractivity contribution in [2.75, 3.05) is 18.5 Å². The molecule has 110 valence electrons. The van der Waals surface area contributed by atoms with E-state index in [-0.39, 0.29) is 4.99 Å². The second-order valence-electron chi connectivity index (χ2n) is 3.88. The first-order chi connectivity index (χ1) is 9.29. The van der Waals surface area contributed by atoms with Gasteiger partial charge >= 0.3 is 6.18 Å². The number of carbonyl (C=O) groups excluding carboxylic acids is 1. The maximum absolute atomic E-state index is 11.9. The van der Waals surface area contributed by atoms with E-state index in [0.717, 1.165) is 0 Å². The molecular formula is C12H13F3N2O2S. The lowest BCUT2D eigenvalue weighted by atomic mass is 10.2. The number of carbonyl (C=O) groups is 1.